The van der Waals surface area contributed by atoms with Crippen molar-refractivity contribution in [3.8, 4) is 11.1 Å². The molecule has 4 nitrogen and oxygen atoms in total. The van der Waals surface area contributed by atoms with Gasteiger partial charge in [0.1, 0.15) is 5.82 Å². The molecule has 2 aromatic rings. The number of aryl methyl sites for hydroxylation is 1. The number of benzene rings is 1. The lowest BCUT2D eigenvalue weighted by molar-refractivity contribution is -0.131. The first-order valence-corrected chi connectivity index (χ1v) is 9.17. The minimum atomic E-state index is -0.345. The average Bonchev–Trinajstić information content (AvgIpc) is 2.58. The molecule has 2 atom stereocenters. The highest BCUT2D eigenvalue weighted by molar-refractivity contribution is 6.33. The highest BCUT2D eigenvalue weighted by Crippen LogP contribution is 2.38. The predicted molar refractivity (Wildman–Crippen MR) is 98.9 cm³/mol. The van der Waals surface area contributed by atoms with Gasteiger partial charge in [-0.1, -0.05) is 11.6 Å². The van der Waals surface area contributed by atoms with Crippen LogP contribution in [-0.4, -0.2) is 28.5 Å². The zero-order valence-electron chi connectivity index (χ0n) is 14.8. The maximum atomic E-state index is 14.0. The first-order chi connectivity index (χ1) is 12.3. The van der Waals surface area contributed by atoms with Crippen LogP contribution in [0.5, 0.6) is 0 Å². The number of pyridine rings is 1. The molecule has 0 N–H and O–H groups in total. The molecule has 26 heavy (non-hydrogen) atoms. The van der Waals surface area contributed by atoms with E-state index in [0.29, 0.717) is 47.3 Å². The molecule has 2 bridgehead atoms. The van der Waals surface area contributed by atoms with E-state index in [0.717, 1.165) is 12.1 Å². The van der Waals surface area contributed by atoms with Gasteiger partial charge in [0, 0.05) is 54.8 Å². The number of nitrogens with zero attached hydrogens (tertiary/aromatic N) is 2. The van der Waals surface area contributed by atoms with Gasteiger partial charge in [-0.2, -0.15) is 0 Å². The lowest BCUT2D eigenvalue weighted by Gasteiger charge is -2.42. The second-order valence-corrected chi connectivity index (χ2v) is 7.83. The molecule has 1 fully saturated rings. The Balaban J connectivity index is 1.82. The van der Waals surface area contributed by atoms with Crippen LogP contribution in [0.3, 0.4) is 0 Å². The lowest BCUT2D eigenvalue weighted by atomic mass is 9.82. The fourth-order valence-electron chi connectivity index (χ4n) is 4.24. The van der Waals surface area contributed by atoms with Crippen molar-refractivity contribution in [1.29, 1.82) is 0 Å². The summed E-state index contributed by atoms with van der Waals surface area (Å²) in [4.78, 5) is 26.4. The van der Waals surface area contributed by atoms with E-state index in [1.165, 1.54) is 12.1 Å². The largest absolute Gasteiger partial charge is 0.342 e. The summed E-state index contributed by atoms with van der Waals surface area (Å²) in [5.74, 6) is 0.139. The number of carbonyl (C=O) groups is 1. The lowest BCUT2D eigenvalue weighted by Crippen LogP contribution is -2.48. The third-order valence-corrected chi connectivity index (χ3v) is 5.87. The van der Waals surface area contributed by atoms with E-state index >= 15 is 0 Å². The van der Waals surface area contributed by atoms with Crippen molar-refractivity contribution in [2.45, 2.75) is 32.7 Å². The minimum absolute atomic E-state index is 0.0651. The van der Waals surface area contributed by atoms with Gasteiger partial charge in [0.2, 0.25) is 5.91 Å². The Kier molecular flexibility index (Phi) is 4.14. The summed E-state index contributed by atoms with van der Waals surface area (Å²) >= 11 is 6.31. The fourth-order valence-corrected chi connectivity index (χ4v) is 4.57. The molecule has 0 radical (unpaired) electrons. The van der Waals surface area contributed by atoms with Crippen LogP contribution in [0, 0.1) is 18.7 Å². The van der Waals surface area contributed by atoms with Crippen LogP contribution < -0.4 is 5.56 Å². The number of amides is 1. The number of aromatic nitrogens is 1. The molecule has 1 saturated heterocycles. The highest BCUT2D eigenvalue weighted by atomic mass is 35.5. The molecule has 1 aromatic carbocycles. The number of hydrogen-bond donors (Lipinski definition) is 0. The second-order valence-electron chi connectivity index (χ2n) is 7.42. The topological polar surface area (TPSA) is 42.3 Å². The van der Waals surface area contributed by atoms with Crippen molar-refractivity contribution in [3.63, 3.8) is 0 Å². The molecule has 3 heterocycles. The first-order valence-electron chi connectivity index (χ1n) is 8.80. The fraction of sp³-hybridized carbons (Fsp3) is 0.400. The van der Waals surface area contributed by atoms with Gasteiger partial charge in [0.15, 0.2) is 0 Å². The Morgan fingerprint density at radius 2 is 1.96 bits per heavy atom. The molecule has 0 unspecified atom stereocenters. The molecule has 6 heteroatoms. The summed E-state index contributed by atoms with van der Waals surface area (Å²) in [5, 5.41) is 0.427. The summed E-state index contributed by atoms with van der Waals surface area (Å²) in [5.41, 5.74) is 2.44. The van der Waals surface area contributed by atoms with Crippen LogP contribution in [0.25, 0.3) is 11.1 Å². The number of piperidine rings is 1. The molecule has 2 aliphatic rings. The number of carbonyl (C=O) groups excluding carboxylic acids is 1. The number of halogens is 2. The molecule has 1 amide bonds. The molecule has 2 aliphatic heterocycles. The van der Waals surface area contributed by atoms with Gasteiger partial charge in [-0.3, -0.25) is 9.59 Å². The third-order valence-electron chi connectivity index (χ3n) is 5.56. The molecule has 0 aliphatic carbocycles. The van der Waals surface area contributed by atoms with E-state index in [1.54, 1.807) is 24.5 Å². The Hall–Kier alpha value is -2.14. The van der Waals surface area contributed by atoms with Gasteiger partial charge in [0.25, 0.3) is 5.56 Å². The van der Waals surface area contributed by atoms with Crippen molar-refractivity contribution in [2.75, 3.05) is 13.1 Å². The van der Waals surface area contributed by atoms with Crippen LogP contribution in [0.1, 0.15) is 30.5 Å². The summed E-state index contributed by atoms with van der Waals surface area (Å²) < 4.78 is 15.8. The highest BCUT2D eigenvalue weighted by Gasteiger charge is 2.35. The normalized spacial score (nSPS) is 21.5. The van der Waals surface area contributed by atoms with E-state index < -0.39 is 0 Å². The van der Waals surface area contributed by atoms with Crippen molar-refractivity contribution in [3.05, 3.63) is 56.7 Å². The van der Waals surface area contributed by atoms with E-state index in [4.69, 9.17) is 11.6 Å². The summed E-state index contributed by atoms with van der Waals surface area (Å²) in [6.45, 7) is 5.18. The van der Waals surface area contributed by atoms with Crippen LogP contribution in [0.2, 0.25) is 5.02 Å². The maximum absolute atomic E-state index is 14.0. The zero-order chi connectivity index (χ0) is 18.6. The van der Waals surface area contributed by atoms with Gasteiger partial charge in [-0.25, -0.2) is 4.39 Å². The number of hydrogen-bond acceptors (Lipinski definition) is 2. The summed E-state index contributed by atoms with van der Waals surface area (Å²) in [6.07, 6.45) is 0.961. The number of rotatable bonds is 1. The van der Waals surface area contributed by atoms with E-state index in [2.05, 4.69) is 0 Å². The predicted octanol–water partition coefficient (Wildman–Crippen LogP) is 3.58. The standard InChI is InChI=1S/C20H20ClFN2O2/c1-11-3-17(21)16(7-18(11)22)14-5-19-15-4-13(8-23(10-15)12(2)25)9-24(19)20(26)6-14/h3,5-7,13,15H,4,8-10H2,1-2H3/t13-,15+/m0/s1. The Bertz CT molecular complexity index is 969. The molecular weight excluding hydrogens is 355 g/mol. The SMILES string of the molecule is CC(=O)N1C[C@@H]2C[C@H](C1)c1cc(-c3cc(F)c(C)cc3Cl)cc(=O)n1C2. The molecule has 0 spiro atoms. The molecule has 0 saturated carbocycles. The molecule has 4 rings (SSSR count). The van der Waals surface area contributed by atoms with Crippen molar-refractivity contribution in [2.24, 2.45) is 5.92 Å². The molecule has 136 valence electrons. The van der Waals surface area contributed by atoms with Gasteiger partial charge >= 0.3 is 0 Å². The minimum Gasteiger partial charge on any atom is -0.342 e. The quantitative estimate of drug-likeness (QED) is 0.765. The van der Waals surface area contributed by atoms with Crippen molar-refractivity contribution >= 4 is 17.5 Å². The van der Waals surface area contributed by atoms with Crippen LogP contribution in [-0.2, 0) is 11.3 Å². The monoisotopic (exact) mass is 374 g/mol. The zero-order valence-corrected chi connectivity index (χ0v) is 15.5. The van der Waals surface area contributed by atoms with Gasteiger partial charge < -0.3 is 9.47 Å². The van der Waals surface area contributed by atoms with Gasteiger partial charge in [-0.05, 0) is 48.6 Å². The van der Waals surface area contributed by atoms with E-state index in [9.17, 15) is 14.0 Å². The second kappa shape index (κ2) is 6.23. The van der Waals surface area contributed by atoms with Crippen LogP contribution >= 0.6 is 11.6 Å². The number of fused-ring (bicyclic) bond motifs is 4. The van der Waals surface area contributed by atoms with Crippen LogP contribution in [0.15, 0.2) is 29.1 Å². The van der Waals surface area contributed by atoms with Crippen molar-refractivity contribution in [1.82, 2.24) is 9.47 Å². The Morgan fingerprint density at radius 1 is 1.19 bits per heavy atom. The average molecular weight is 375 g/mol. The summed E-state index contributed by atoms with van der Waals surface area (Å²) in [7, 11) is 0. The van der Waals surface area contributed by atoms with E-state index in [1.807, 2.05) is 11.0 Å². The Morgan fingerprint density at radius 3 is 2.69 bits per heavy atom. The molecule has 1 aromatic heterocycles. The Labute approximate surface area is 156 Å². The smallest absolute Gasteiger partial charge is 0.251 e. The maximum Gasteiger partial charge on any atom is 0.251 e. The number of likely N-dealkylation sites (tertiary alicyclic amines) is 1. The third kappa shape index (κ3) is 2.84. The summed E-state index contributed by atoms with van der Waals surface area (Å²) in [6, 6.07) is 6.43. The van der Waals surface area contributed by atoms with E-state index in [-0.39, 0.29) is 23.2 Å². The molecular formula is C20H20ClFN2O2. The first kappa shape index (κ1) is 17.3. The van der Waals surface area contributed by atoms with Crippen LogP contribution in [0.4, 0.5) is 4.39 Å². The van der Waals surface area contributed by atoms with Gasteiger partial charge in [0.05, 0.1) is 0 Å². The van der Waals surface area contributed by atoms with Gasteiger partial charge in [-0.15, -0.1) is 0 Å². The van der Waals surface area contributed by atoms with Crippen molar-refractivity contribution < 1.29 is 9.18 Å².